The number of amidine groups is 1. The second kappa shape index (κ2) is 5.93. The highest BCUT2D eigenvalue weighted by Gasteiger charge is 2.14. The minimum Gasteiger partial charge on any atom is -0.409 e. The standard InChI is InChI=1S/C11H9BrClN5O2/c12-7-3-5(1-2-8(7)13)11(19)16-10-6(4-15-17-10)9(14)18-20/h1-4,20H,(H2,14,18)(H2,15,16,17,19). The fourth-order valence-corrected chi connectivity index (χ4v) is 1.95. The number of nitrogens with one attached hydrogen (secondary N) is 2. The van der Waals surface area contributed by atoms with Crippen molar-refractivity contribution in [1.82, 2.24) is 10.2 Å². The summed E-state index contributed by atoms with van der Waals surface area (Å²) in [5.41, 5.74) is 6.14. The maximum atomic E-state index is 12.1. The number of hydrogen-bond acceptors (Lipinski definition) is 4. The van der Waals surface area contributed by atoms with Gasteiger partial charge in [0.1, 0.15) is 5.82 Å². The van der Waals surface area contributed by atoms with Crippen LogP contribution >= 0.6 is 27.5 Å². The molecule has 0 radical (unpaired) electrons. The Hall–Kier alpha value is -2.06. The fourth-order valence-electron chi connectivity index (χ4n) is 1.45. The smallest absolute Gasteiger partial charge is 0.256 e. The predicted octanol–water partition coefficient (Wildman–Crippen LogP) is 2.17. The van der Waals surface area contributed by atoms with Crippen LogP contribution in [0.1, 0.15) is 15.9 Å². The van der Waals surface area contributed by atoms with Crippen LogP contribution in [-0.4, -0.2) is 27.1 Å². The van der Waals surface area contributed by atoms with E-state index in [0.29, 0.717) is 15.1 Å². The Bertz CT molecular complexity index is 685. The van der Waals surface area contributed by atoms with Gasteiger partial charge in [-0.15, -0.1) is 0 Å². The van der Waals surface area contributed by atoms with Crippen molar-refractivity contribution in [2.24, 2.45) is 10.9 Å². The Morgan fingerprint density at radius 1 is 1.55 bits per heavy atom. The number of amides is 1. The minimum absolute atomic E-state index is 0.161. The highest BCUT2D eigenvalue weighted by atomic mass is 79.9. The largest absolute Gasteiger partial charge is 0.409 e. The number of halogens is 2. The lowest BCUT2D eigenvalue weighted by molar-refractivity contribution is 0.102. The zero-order valence-corrected chi connectivity index (χ0v) is 12.2. The summed E-state index contributed by atoms with van der Waals surface area (Å²) < 4.78 is 0.605. The lowest BCUT2D eigenvalue weighted by Gasteiger charge is -2.06. The van der Waals surface area contributed by atoms with Crippen LogP contribution in [0.25, 0.3) is 0 Å². The molecule has 0 fully saturated rings. The first-order chi connectivity index (χ1) is 9.52. The molecule has 104 valence electrons. The topological polar surface area (TPSA) is 116 Å². The normalized spacial score (nSPS) is 11.4. The van der Waals surface area contributed by atoms with E-state index in [0.717, 1.165) is 0 Å². The molecule has 0 spiro atoms. The van der Waals surface area contributed by atoms with E-state index in [1.807, 2.05) is 0 Å². The van der Waals surface area contributed by atoms with Gasteiger partial charge in [-0.3, -0.25) is 9.89 Å². The van der Waals surface area contributed by atoms with Crippen LogP contribution in [-0.2, 0) is 0 Å². The summed E-state index contributed by atoms with van der Waals surface area (Å²) in [6, 6.07) is 4.75. The van der Waals surface area contributed by atoms with Crippen LogP contribution in [0.4, 0.5) is 5.82 Å². The second-order valence-electron chi connectivity index (χ2n) is 3.73. The number of hydrogen-bond donors (Lipinski definition) is 4. The molecule has 5 N–H and O–H groups in total. The van der Waals surface area contributed by atoms with Gasteiger partial charge in [0.05, 0.1) is 16.8 Å². The van der Waals surface area contributed by atoms with E-state index < -0.39 is 5.91 Å². The number of oxime groups is 1. The molecule has 1 aromatic heterocycles. The fraction of sp³-hybridized carbons (Fsp3) is 0. The summed E-state index contributed by atoms with van der Waals surface area (Å²) in [6.07, 6.45) is 1.34. The van der Waals surface area contributed by atoms with Crippen LogP contribution in [0, 0.1) is 0 Å². The number of anilines is 1. The summed E-state index contributed by atoms with van der Waals surface area (Å²) in [4.78, 5) is 12.1. The third kappa shape index (κ3) is 2.91. The van der Waals surface area contributed by atoms with Crippen molar-refractivity contribution in [3.8, 4) is 0 Å². The molecule has 0 aliphatic rings. The van der Waals surface area contributed by atoms with Gasteiger partial charge in [0, 0.05) is 10.0 Å². The van der Waals surface area contributed by atoms with E-state index in [1.54, 1.807) is 18.2 Å². The van der Waals surface area contributed by atoms with Crippen LogP contribution in [0.5, 0.6) is 0 Å². The van der Waals surface area contributed by atoms with E-state index in [9.17, 15) is 4.79 Å². The molecule has 0 atom stereocenters. The number of carbonyl (C=O) groups is 1. The van der Waals surface area contributed by atoms with E-state index in [4.69, 9.17) is 22.5 Å². The van der Waals surface area contributed by atoms with Gasteiger partial charge < -0.3 is 16.3 Å². The Morgan fingerprint density at radius 3 is 2.95 bits per heavy atom. The number of nitrogens with two attached hydrogens (primary N) is 1. The molecule has 2 aromatic rings. The molecule has 1 heterocycles. The summed E-state index contributed by atoms with van der Waals surface area (Å²) in [6.45, 7) is 0. The molecule has 0 aliphatic heterocycles. The molecule has 0 aliphatic carbocycles. The number of aromatic amines is 1. The van der Waals surface area contributed by atoms with Crippen molar-refractivity contribution in [2.45, 2.75) is 0 Å². The molecule has 9 heteroatoms. The molecule has 1 aromatic carbocycles. The maximum absolute atomic E-state index is 12.1. The molecule has 0 bridgehead atoms. The van der Waals surface area contributed by atoms with E-state index >= 15 is 0 Å². The first-order valence-corrected chi connectivity index (χ1v) is 6.47. The molecular weight excluding hydrogens is 350 g/mol. The summed E-state index contributed by atoms with van der Waals surface area (Å²) in [5.74, 6) is -0.318. The highest BCUT2D eigenvalue weighted by Crippen LogP contribution is 2.23. The van der Waals surface area contributed by atoms with E-state index in [-0.39, 0.29) is 17.2 Å². The van der Waals surface area contributed by atoms with Crippen LogP contribution in [0.2, 0.25) is 5.02 Å². The van der Waals surface area contributed by atoms with Crippen molar-refractivity contribution in [1.29, 1.82) is 0 Å². The average Bonchev–Trinajstić information content (AvgIpc) is 2.89. The second-order valence-corrected chi connectivity index (χ2v) is 4.99. The predicted molar refractivity (Wildman–Crippen MR) is 78.2 cm³/mol. The van der Waals surface area contributed by atoms with Gasteiger partial charge in [-0.2, -0.15) is 5.10 Å². The monoisotopic (exact) mass is 357 g/mol. The van der Waals surface area contributed by atoms with Gasteiger partial charge >= 0.3 is 0 Å². The van der Waals surface area contributed by atoms with Crippen LogP contribution in [0.15, 0.2) is 34.0 Å². The summed E-state index contributed by atoms with van der Waals surface area (Å²) >= 11 is 9.10. The SMILES string of the molecule is N/C(=N/O)c1cn[nH]c1NC(=O)c1ccc(Cl)c(Br)c1. The Morgan fingerprint density at radius 2 is 2.30 bits per heavy atom. The number of H-pyrrole nitrogens is 1. The van der Waals surface area contributed by atoms with Crippen molar-refractivity contribution in [2.75, 3.05) is 5.32 Å². The molecule has 1 amide bonds. The molecule has 7 nitrogen and oxygen atoms in total. The van der Waals surface area contributed by atoms with Gasteiger partial charge in [0.2, 0.25) is 0 Å². The highest BCUT2D eigenvalue weighted by molar-refractivity contribution is 9.10. The molecule has 20 heavy (non-hydrogen) atoms. The van der Waals surface area contributed by atoms with Crippen molar-refractivity contribution in [3.63, 3.8) is 0 Å². The quantitative estimate of drug-likeness (QED) is 0.291. The first-order valence-electron chi connectivity index (χ1n) is 5.30. The molecular formula is C11H9BrClN5O2. The average molecular weight is 359 g/mol. The molecule has 0 unspecified atom stereocenters. The number of nitrogens with zero attached hydrogens (tertiary/aromatic N) is 2. The van der Waals surface area contributed by atoms with Gasteiger partial charge in [-0.25, -0.2) is 0 Å². The van der Waals surface area contributed by atoms with Crippen molar-refractivity contribution < 1.29 is 10.0 Å². The Balaban J connectivity index is 2.24. The van der Waals surface area contributed by atoms with E-state index in [2.05, 4.69) is 36.6 Å². The summed E-state index contributed by atoms with van der Waals surface area (Å²) in [5, 5.41) is 20.9. The van der Waals surface area contributed by atoms with Crippen LogP contribution < -0.4 is 11.1 Å². The zero-order chi connectivity index (χ0) is 14.7. The minimum atomic E-state index is -0.390. The maximum Gasteiger partial charge on any atom is 0.256 e. The number of rotatable bonds is 3. The lowest BCUT2D eigenvalue weighted by Crippen LogP contribution is -2.18. The van der Waals surface area contributed by atoms with Crippen molar-refractivity contribution >= 4 is 45.1 Å². The zero-order valence-electron chi connectivity index (χ0n) is 9.89. The number of carbonyl (C=O) groups excluding carboxylic acids is 1. The Kier molecular flexibility index (Phi) is 4.26. The number of aromatic nitrogens is 2. The van der Waals surface area contributed by atoms with Crippen LogP contribution in [0.3, 0.4) is 0 Å². The van der Waals surface area contributed by atoms with E-state index in [1.165, 1.54) is 6.20 Å². The summed E-state index contributed by atoms with van der Waals surface area (Å²) in [7, 11) is 0. The lowest BCUT2D eigenvalue weighted by atomic mass is 10.2. The molecule has 0 saturated heterocycles. The number of benzene rings is 1. The van der Waals surface area contributed by atoms with Crippen molar-refractivity contribution in [3.05, 3.63) is 45.0 Å². The van der Waals surface area contributed by atoms with Gasteiger partial charge in [0.15, 0.2) is 5.84 Å². The first kappa shape index (κ1) is 14.4. The Labute approximate surface area is 126 Å². The third-order valence-electron chi connectivity index (χ3n) is 2.44. The molecule has 2 rings (SSSR count). The molecule has 0 saturated carbocycles. The van der Waals surface area contributed by atoms with Gasteiger partial charge in [-0.1, -0.05) is 16.8 Å². The van der Waals surface area contributed by atoms with Gasteiger partial charge in [-0.05, 0) is 34.1 Å². The van der Waals surface area contributed by atoms with Gasteiger partial charge in [0.25, 0.3) is 5.91 Å². The third-order valence-corrected chi connectivity index (χ3v) is 3.66.